The maximum Gasteiger partial charge on any atom is 0.143 e. The van der Waals surface area contributed by atoms with Crippen molar-refractivity contribution in [2.45, 2.75) is 0 Å². The normalized spacial score (nSPS) is 14.8. The van der Waals surface area contributed by atoms with Crippen LogP contribution in [0.4, 0.5) is 17.2 Å². The molecule has 1 aliphatic heterocycles. The van der Waals surface area contributed by atoms with E-state index in [2.05, 4.69) is 77.5 Å². The summed E-state index contributed by atoms with van der Waals surface area (Å²) in [6.45, 7) is 3.44. The summed E-state index contributed by atoms with van der Waals surface area (Å²) >= 11 is 3.52. The summed E-state index contributed by atoms with van der Waals surface area (Å²) in [6.07, 6.45) is 1.58. The average Bonchev–Trinajstić information content (AvgIpc) is 3.07. The first-order chi connectivity index (χ1) is 13.3. The molecule has 6 nitrogen and oxygen atoms in total. The standard InChI is InChI=1S/C20H18BrN5O/c21-13-1-6-16-17(11-13)25-20-18(16)19(22-12-23-20)24-14-2-4-15(5-3-14)26-7-9-27-10-8-26/h1-6,11-12H,7-10H2,(H2,22,23,24,25). The highest BCUT2D eigenvalue weighted by Crippen LogP contribution is 2.32. The number of anilines is 3. The molecular weight excluding hydrogens is 406 g/mol. The molecule has 5 rings (SSSR count). The number of ether oxygens (including phenoxy) is 1. The second-order valence-electron chi connectivity index (χ2n) is 6.53. The van der Waals surface area contributed by atoms with E-state index in [1.54, 1.807) is 6.33 Å². The van der Waals surface area contributed by atoms with Crippen LogP contribution < -0.4 is 10.2 Å². The van der Waals surface area contributed by atoms with Gasteiger partial charge in [-0.15, -0.1) is 0 Å². The molecule has 1 aliphatic rings. The Hall–Kier alpha value is -2.64. The molecule has 2 aromatic carbocycles. The predicted octanol–water partition coefficient (Wildman–Crippen LogP) is 4.45. The van der Waals surface area contributed by atoms with Crippen molar-refractivity contribution < 1.29 is 4.74 Å². The molecule has 7 heteroatoms. The van der Waals surface area contributed by atoms with Crippen LogP contribution in [-0.2, 0) is 4.74 Å². The second kappa shape index (κ2) is 6.83. The minimum Gasteiger partial charge on any atom is -0.378 e. The van der Waals surface area contributed by atoms with Crippen molar-refractivity contribution in [2.24, 2.45) is 0 Å². The third-order valence-electron chi connectivity index (χ3n) is 4.86. The van der Waals surface area contributed by atoms with Gasteiger partial charge in [0.25, 0.3) is 0 Å². The van der Waals surface area contributed by atoms with Gasteiger partial charge in [-0.2, -0.15) is 0 Å². The third-order valence-corrected chi connectivity index (χ3v) is 5.35. The number of benzene rings is 2. The van der Waals surface area contributed by atoms with Gasteiger partial charge in [0.05, 0.1) is 18.6 Å². The van der Waals surface area contributed by atoms with Gasteiger partial charge in [-0.05, 0) is 36.4 Å². The van der Waals surface area contributed by atoms with Crippen molar-refractivity contribution >= 4 is 55.1 Å². The fraction of sp³-hybridized carbons (Fsp3) is 0.200. The molecule has 0 unspecified atom stereocenters. The number of aromatic amines is 1. The molecule has 1 fully saturated rings. The molecule has 136 valence electrons. The van der Waals surface area contributed by atoms with E-state index in [0.717, 1.165) is 64.2 Å². The molecule has 0 bridgehead atoms. The molecule has 1 saturated heterocycles. The van der Waals surface area contributed by atoms with E-state index in [-0.39, 0.29) is 0 Å². The number of nitrogens with one attached hydrogen (secondary N) is 2. The number of hydrogen-bond acceptors (Lipinski definition) is 5. The first-order valence-corrected chi connectivity index (χ1v) is 9.69. The lowest BCUT2D eigenvalue weighted by Crippen LogP contribution is -2.36. The van der Waals surface area contributed by atoms with Crippen LogP contribution in [0.5, 0.6) is 0 Å². The van der Waals surface area contributed by atoms with Gasteiger partial charge in [0.2, 0.25) is 0 Å². The molecule has 27 heavy (non-hydrogen) atoms. The highest BCUT2D eigenvalue weighted by atomic mass is 79.9. The lowest BCUT2D eigenvalue weighted by molar-refractivity contribution is 0.122. The molecule has 0 aliphatic carbocycles. The largest absolute Gasteiger partial charge is 0.378 e. The van der Waals surface area contributed by atoms with Gasteiger partial charge in [-0.3, -0.25) is 0 Å². The fourth-order valence-corrected chi connectivity index (χ4v) is 3.87. The summed E-state index contributed by atoms with van der Waals surface area (Å²) in [5, 5.41) is 5.54. The van der Waals surface area contributed by atoms with Crippen LogP contribution >= 0.6 is 15.9 Å². The molecule has 0 amide bonds. The Morgan fingerprint density at radius 2 is 1.85 bits per heavy atom. The number of aromatic nitrogens is 3. The van der Waals surface area contributed by atoms with Crippen molar-refractivity contribution in [3.05, 3.63) is 53.3 Å². The maximum absolute atomic E-state index is 5.43. The first kappa shape index (κ1) is 16.5. The summed E-state index contributed by atoms with van der Waals surface area (Å²) in [6, 6.07) is 14.6. The maximum atomic E-state index is 5.43. The van der Waals surface area contributed by atoms with Gasteiger partial charge in [-0.25, -0.2) is 9.97 Å². The van der Waals surface area contributed by atoms with Crippen LogP contribution in [-0.4, -0.2) is 41.3 Å². The molecule has 0 saturated carbocycles. The molecule has 0 atom stereocenters. The van der Waals surface area contributed by atoms with E-state index in [4.69, 9.17) is 4.74 Å². The van der Waals surface area contributed by atoms with E-state index in [0.29, 0.717) is 0 Å². The lowest BCUT2D eigenvalue weighted by atomic mass is 10.2. The third kappa shape index (κ3) is 3.13. The van der Waals surface area contributed by atoms with Gasteiger partial charge in [0, 0.05) is 39.8 Å². The Balaban J connectivity index is 1.48. The van der Waals surface area contributed by atoms with Crippen LogP contribution in [0, 0.1) is 0 Å². The minimum atomic E-state index is 0.787. The minimum absolute atomic E-state index is 0.787. The number of rotatable bonds is 3. The van der Waals surface area contributed by atoms with Crippen molar-refractivity contribution in [1.82, 2.24) is 15.0 Å². The topological polar surface area (TPSA) is 66.1 Å². The number of nitrogens with zero attached hydrogens (tertiary/aromatic N) is 3. The Morgan fingerprint density at radius 3 is 2.67 bits per heavy atom. The Morgan fingerprint density at radius 1 is 1.04 bits per heavy atom. The number of hydrogen-bond donors (Lipinski definition) is 2. The van der Waals surface area contributed by atoms with Crippen LogP contribution in [0.25, 0.3) is 21.9 Å². The summed E-state index contributed by atoms with van der Waals surface area (Å²) in [7, 11) is 0. The predicted molar refractivity (Wildman–Crippen MR) is 112 cm³/mol. The molecule has 3 heterocycles. The van der Waals surface area contributed by atoms with Gasteiger partial charge < -0.3 is 19.9 Å². The second-order valence-corrected chi connectivity index (χ2v) is 7.45. The van der Waals surface area contributed by atoms with Crippen LogP contribution in [0.1, 0.15) is 0 Å². The Bertz CT molecular complexity index is 1100. The van der Waals surface area contributed by atoms with E-state index < -0.39 is 0 Å². The summed E-state index contributed by atoms with van der Waals surface area (Å²) in [5.74, 6) is 0.799. The molecule has 2 aromatic heterocycles. The highest BCUT2D eigenvalue weighted by Gasteiger charge is 2.13. The Kier molecular flexibility index (Phi) is 4.18. The summed E-state index contributed by atoms with van der Waals surface area (Å²) < 4.78 is 6.46. The molecule has 2 N–H and O–H groups in total. The summed E-state index contributed by atoms with van der Waals surface area (Å²) in [4.78, 5) is 14.6. The SMILES string of the molecule is Brc1ccc2c(c1)[nH]c1ncnc(Nc3ccc(N4CCOCC4)cc3)c12. The number of H-pyrrole nitrogens is 1. The molecule has 0 radical (unpaired) electrons. The monoisotopic (exact) mass is 423 g/mol. The van der Waals surface area contributed by atoms with Crippen LogP contribution in [0.15, 0.2) is 53.3 Å². The van der Waals surface area contributed by atoms with Crippen molar-refractivity contribution in [3.63, 3.8) is 0 Å². The number of morpholine rings is 1. The lowest BCUT2D eigenvalue weighted by Gasteiger charge is -2.28. The van der Waals surface area contributed by atoms with Crippen molar-refractivity contribution in [2.75, 3.05) is 36.5 Å². The van der Waals surface area contributed by atoms with E-state index in [1.165, 1.54) is 5.69 Å². The summed E-state index contributed by atoms with van der Waals surface area (Å²) in [5.41, 5.74) is 4.07. The highest BCUT2D eigenvalue weighted by molar-refractivity contribution is 9.10. The van der Waals surface area contributed by atoms with E-state index in [9.17, 15) is 0 Å². The quantitative estimate of drug-likeness (QED) is 0.509. The molecule has 0 spiro atoms. The zero-order valence-electron chi connectivity index (χ0n) is 14.6. The van der Waals surface area contributed by atoms with Crippen molar-refractivity contribution in [1.29, 1.82) is 0 Å². The van der Waals surface area contributed by atoms with Crippen molar-refractivity contribution in [3.8, 4) is 0 Å². The zero-order chi connectivity index (χ0) is 18.2. The van der Waals surface area contributed by atoms with Gasteiger partial charge in [0.1, 0.15) is 17.8 Å². The molecular formula is C20H18BrN5O. The molecule has 4 aromatic rings. The van der Waals surface area contributed by atoms with Gasteiger partial charge >= 0.3 is 0 Å². The first-order valence-electron chi connectivity index (χ1n) is 8.90. The number of fused-ring (bicyclic) bond motifs is 3. The van der Waals surface area contributed by atoms with Gasteiger partial charge in [0.15, 0.2) is 0 Å². The zero-order valence-corrected chi connectivity index (χ0v) is 16.2. The van der Waals surface area contributed by atoms with Crippen LogP contribution in [0.2, 0.25) is 0 Å². The fourth-order valence-electron chi connectivity index (χ4n) is 3.51. The van der Waals surface area contributed by atoms with E-state index >= 15 is 0 Å². The van der Waals surface area contributed by atoms with Gasteiger partial charge in [-0.1, -0.05) is 22.0 Å². The smallest absolute Gasteiger partial charge is 0.143 e. The average molecular weight is 424 g/mol. The Labute approximate surface area is 164 Å². The number of halogens is 1. The van der Waals surface area contributed by atoms with E-state index in [1.807, 2.05) is 6.07 Å². The van der Waals surface area contributed by atoms with Crippen LogP contribution in [0.3, 0.4) is 0 Å².